The predicted molar refractivity (Wildman–Crippen MR) is 32.8 cm³/mol. The lowest BCUT2D eigenvalue weighted by Gasteiger charge is -1.79. The molecular formula is C5H11ClO. The summed E-state index contributed by atoms with van der Waals surface area (Å²) in [4.78, 5) is 9.56. The van der Waals surface area contributed by atoms with Gasteiger partial charge in [0.1, 0.15) is 6.29 Å². The average Bonchev–Trinajstić information content (AvgIpc) is 1.61. The van der Waals surface area contributed by atoms with E-state index in [1.54, 1.807) is 0 Å². The summed E-state index contributed by atoms with van der Waals surface area (Å²) in [7, 11) is 0. The van der Waals surface area contributed by atoms with Crippen molar-refractivity contribution in [1.82, 2.24) is 0 Å². The predicted octanol–water partition coefficient (Wildman–Crippen LogP) is 1.80. The summed E-state index contributed by atoms with van der Waals surface area (Å²) in [6.45, 7) is 2.07. The number of hydrogen-bond donors (Lipinski definition) is 0. The van der Waals surface area contributed by atoms with E-state index in [2.05, 4.69) is 6.92 Å². The second-order valence-corrected chi connectivity index (χ2v) is 1.31. The van der Waals surface area contributed by atoms with E-state index in [9.17, 15) is 4.79 Å². The van der Waals surface area contributed by atoms with Crippen molar-refractivity contribution in [2.45, 2.75) is 26.2 Å². The molecule has 0 aromatic rings. The van der Waals surface area contributed by atoms with Gasteiger partial charge in [0, 0.05) is 6.42 Å². The Bertz CT molecular complexity index is 37.1. The maximum Gasteiger partial charge on any atom is 0.119 e. The summed E-state index contributed by atoms with van der Waals surface area (Å²) in [5.74, 6) is 0. The topological polar surface area (TPSA) is 17.1 Å². The van der Waals surface area contributed by atoms with E-state index < -0.39 is 0 Å². The van der Waals surface area contributed by atoms with E-state index in [0.29, 0.717) is 0 Å². The molecule has 0 bridgehead atoms. The molecule has 0 aliphatic heterocycles. The van der Waals surface area contributed by atoms with Gasteiger partial charge in [0.05, 0.1) is 0 Å². The monoisotopic (exact) mass is 122 g/mol. The largest absolute Gasteiger partial charge is 0.303 e. The van der Waals surface area contributed by atoms with E-state index in [-0.39, 0.29) is 12.4 Å². The first-order valence-electron chi connectivity index (χ1n) is 2.35. The lowest BCUT2D eigenvalue weighted by molar-refractivity contribution is -0.107. The van der Waals surface area contributed by atoms with Crippen LogP contribution in [-0.4, -0.2) is 6.29 Å². The molecule has 0 N–H and O–H groups in total. The second-order valence-electron chi connectivity index (χ2n) is 1.31. The zero-order valence-electron chi connectivity index (χ0n) is 4.52. The minimum Gasteiger partial charge on any atom is -0.303 e. The number of unbranched alkanes of at least 4 members (excludes halogenated alkanes) is 2. The molecule has 0 aliphatic rings. The van der Waals surface area contributed by atoms with Gasteiger partial charge in [0.2, 0.25) is 0 Å². The number of carbonyl (C=O) groups excluding carboxylic acids is 1. The molecule has 0 saturated carbocycles. The standard InChI is InChI=1S/C5H10O.ClH/c1-2-3-4-5-6;/h5H,2-4H2,1H3;1H. The SMILES string of the molecule is CCCCC=O.Cl. The number of rotatable bonds is 3. The Morgan fingerprint density at radius 3 is 2.29 bits per heavy atom. The highest BCUT2D eigenvalue weighted by molar-refractivity contribution is 5.85. The molecule has 0 radical (unpaired) electrons. The van der Waals surface area contributed by atoms with Crippen LogP contribution in [0.4, 0.5) is 0 Å². The highest BCUT2D eigenvalue weighted by Gasteiger charge is 1.74. The first kappa shape index (κ1) is 10.0. The molecule has 1 nitrogen and oxygen atoms in total. The van der Waals surface area contributed by atoms with Gasteiger partial charge >= 0.3 is 0 Å². The van der Waals surface area contributed by atoms with Crippen molar-refractivity contribution < 1.29 is 4.79 Å². The van der Waals surface area contributed by atoms with E-state index in [1.165, 1.54) is 0 Å². The molecule has 0 atom stereocenters. The molecule has 44 valence electrons. The Balaban J connectivity index is 0. The summed E-state index contributed by atoms with van der Waals surface area (Å²) >= 11 is 0. The Morgan fingerprint density at radius 1 is 1.57 bits per heavy atom. The molecule has 0 amide bonds. The quantitative estimate of drug-likeness (QED) is 0.412. The fourth-order valence-corrected chi connectivity index (χ4v) is 0.287. The molecule has 0 heterocycles. The number of aldehydes is 1. The third kappa shape index (κ3) is 10.7. The van der Waals surface area contributed by atoms with Gasteiger partial charge in [0.25, 0.3) is 0 Å². The molecule has 0 aromatic carbocycles. The molecule has 0 aromatic heterocycles. The van der Waals surface area contributed by atoms with Gasteiger partial charge in [-0.3, -0.25) is 0 Å². The molecule has 0 saturated heterocycles. The fraction of sp³-hybridized carbons (Fsp3) is 0.800. The van der Waals surface area contributed by atoms with Crippen LogP contribution >= 0.6 is 12.4 Å². The smallest absolute Gasteiger partial charge is 0.119 e. The Hall–Kier alpha value is -0.0400. The highest BCUT2D eigenvalue weighted by atomic mass is 35.5. The van der Waals surface area contributed by atoms with E-state index >= 15 is 0 Å². The first-order valence-corrected chi connectivity index (χ1v) is 2.35. The van der Waals surface area contributed by atoms with Crippen LogP contribution < -0.4 is 0 Å². The molecule has 2 heteroatoms. The summed E-state index contributed by atoms with van der Waals surface area (Å²) in [6.07, 6.45) is 3.86. The summed E-state index contributed by atoms with van der Waals surface area (Å²) < 4.78 is 0. The average molecular weight is 123 g/mol. The number of halogens is 1. The molecule has 7 heavy (non-hydrogen) atoms. The lowest BCUT2D eigenvalue weighted by Crippen LogP contribution is -1.70. The Labute approximate surface area is 50.5 Å². The molecule has 0 unspecified atom stereocenters. The third-order valence-corrected chi connectivity index (χ3v) is 0.676. The first-order chi connectivity index (χ1) is 2.91. The van der Waals surface area contributed by atoms with Crippen molar-refractivity contribution in [3.63, 3.8) is 0 Å². The molecular weight excluding hydrogens is 112 g/mol. The van der Waals surface area contributed by atoms with Gasteiger partial charge in [-0.1, -0.05) is 13.3 Å². The lowest BCUT2D eigenvalue weighted by atomic mass is 10.3. The summed E-state index contributed by atoms with van der Waals surface area (Å²) in [5, 5.41) is 0. The van der Waals surface area contributed by atoms with Gasteiger partial charge < -0.3 is 4.79 Å². The van der Waals surface area contributed by atoms with Gasteiger partial charge in [0.15, 0.2) is 0 Å². The Morgan fingerprint density at radius 2 is 2.14 bits per heavy atom. The zero-order valence-corrected chi connectivity index (χ0v) is 5.33. The van der Waals surface area contributed by atoms with Crippen molar-refractivity contribution in [2.24, 2.45) is 0 Å². The van der Waals surface area contributed by atoms with Crippen LogP contribution in [-0.2, 0) is 4.79 Å². The van der Waals surface area contributed by atoms with Crippen LogP contribution in [0, 0.1) is 0 Å². The highest BCUT2D eigenvalue weighted by Crippen LogP contribution is 1.87. The van der Waals surface area contributed by atoms with Crippen molar-refractivity contribution in [1.29, 1.82) is 0 Å². The third-order valence-electron chi connectivity index (χ3n) is 0.676. The van der Waals surface area contributed by atoms with Gasteiger partial charge in [-0.05, 0) is 6.42 Å². The normalized spacial score (nSPS) is 7.00. The molecule has 0 rings (SSSR count). The van der Waals surface area contributed by atoms with E-state index in [1.807, 2.05) is 0 Å². The Kier molecular flexibility index (Phi) is 13.4. The van der Waals surface area contributed by atoms with Crippen molar-refractivity contribution in [3.05, 3.63) is 0 Å². The maximum atomic E-state index is 9.56. The zero-order chi connectivity index (χ0) is 4.83. The van der Waals surface area contributed by atoms with Crippen LogP contribution in [0.25, 0.3) is 0 Å². The van der Waals surface area contributed by atoms with E-state index in [4.69, 9.17) is 0 Å². The van der Waals surface area contributed by atoms with Gasteiger partial charge in [-0.15, -0.1) is 12.4 Å². The minimum absolute atomic E-state index is 0. The van der Waals surface area contributed by atoms with Crippen LogP contribution in [0.3, 0.4) is 0 Å². The van der Waals surface area contributed by atoms with Gasteiger partial charge in [-0.25, -0.2) is 0 Å². The van der Waals surface area contributed by atoms with Crippen LogP contribution in [0.15, 0.2) is 0 Å². The minimum atomic E-state index is 0. The van der Waals surface area contributed by atoms with Crippen LogP contribution in [0.5, 0.6) is 0 Å². The van der Waals surface area contributed by atoms with Crippen molar-refractivity contribution in [3.8, 4) is 0 Å². The molecule has 0 fully saturated rings. The number of hydrogen-bond acceptors (Lipinski definition) is 1. The maximum absolute atomic E-state index is 9.56. The van der Waals surface area contributed by atoms with Crippen LogP contribution in [0.1, 0.15) is 26.2 Å². The summed E-state index contributed by atoms with van der Waals surface area (Å²) in [5.41, 5.74) is 0. The van der Waals surface area contributed by atoms with Crippen molar-refractivity contribution >= 4 is 18.7 Å². The number of carbonyl (C=O) groups is 1. The summed E-state index contributed by atoms with van der Waals surface area (Å²) in [6, 6.07) is 0. The van der Waals surface area contributed by atoms with Crippen LogP contribution in [0.2, 0.25) is 0 Å². The molecule has 0 spiro atoms. The fourth-order valence-electron chi connectivity index (χ4n) is 0.287. The second kappa shape index (κ2) is 9.35. The van der Waals surface area contributed by atoms with Crippen molar-refractivity contribution in [2.75, 3.05) is 0 Å². The molecule has 0 aliphatic carbocycles. The van der Waals surface area contributed by atoms with Gasteiger partial charge in [-0.2, -0.15) is 0 Å². The van der Waals surface area contributed by atoms with E-state index in [0.717, 1.165) is 25.5 Å².